The first-order valence-electron chi connectivity index (χ1n) is 13.0. The Morgan fingerprint density at radius 3 is 2.54 bits per heavy atom. The van der Waals surface area contributed by atoms with Crippen LogP contribution < -0.4 is 16.0 Å². The molecule has 0 saturated heterocycles. The van der Waals surface area contributed by atoms with Gasteiger partial charge < -0.3 is 20.7 Å². The van der Waals surface area contributed by atoms with E-state index in [0.717, 1.165) is 11.8 Å². The third-order valence-corrected chi connectivity index (χ3v) is 5.93. The van der Waals surface area contributed by atoms with Crippen molar-refractivity contribution in [2.24, 2.45) is 0 Å². The van der Waals surface area contributed by atoms with Gasteiger partial charge in [-0.15, -0.1) is 0 Å². The SMILES string of the molecule is CCc1cc(Nc2nccn3c(-c4cn[nH]c4C(F)(F)F)cnc23)ccc1C(=O)NCCCNC(=O)OC(C)(C)C. The molecule has 11 nitrogen and oxygen atoms in total. The molecule has 0 spiro atoms. The number of hydrogen-bond donors (Lipinski definition) is 4. The molecule has 0 atom stereocenters. The molecule has 3 aromatic heterocycles. The van der Waals surface area contributed by atoms with Gasteiger partial charge in [0.15, 0.2) is 11.5 Å². The number of anilines is 2. The monoisotopic (exact) mass is 572 g/mol. The van der Waals surface area contributed by atoms with Crippen molar-refractivity contribution in [3.8, 4) is 11.3 Å². The molecular weight excluding hydrogens is 541 g/mol. The van der Waals surface area contributed by atoms with Crippen molar-refractivity contribution in [2.45, 2.75) is 52.3 Å². The number of ether oxygens (including phenoxy) is 1. The summed E-state index contributed by atoms with van der Waals surface area (Å²) >= 11 is 0. The third kappa shape index (κ3) is 7.13. The Bertz CT molecular complexity index is 1540. The van der Waals surface area contributed by atoms with E-state index in [4.69, 9.17) is 4.74 Å². The summed E-state index contributed by atoms with van der Waals surface area (Å²) in [4.78, 5) is 33.1. The predicted molar refractivity (Wildman–Crippen MR) is 146 cm³/mol. The minimum Gasteiger partial charge on any atom is -0.444 e. The van der Waals surface area contributed by atoms with Gasteiger partial charge in [0.05, 0.1) is 23.7 Å². The maximum Gasteiger partial charge on any atom is 0.433 e. The lowest BCUT2D eigenvalue weighted by Crippen LogP contribution is -2.34. The standard InChI is InChI=1S/C27H31F3N8O3/c1-5-16-13-17(7-8-18(16)24(39)32-9-6-10-33-25(40)41-26(2,3)4)36-22-23-34-15-20(38(23)12-11-31-22)19-14-35-37-21(19)27(28,29)30/h7-8,11-15H,5-6,9-10H2,1-4H3,(H,31,36)(H,32,39)(H,33,40)(H,35,37). The average molecular weight is 573 g/mol. The fourth-order valence-corrected chi connectivity index (χ4v) is 4.12. The van der Waals surface area contributed by atoms with E-state index in [-0.39, 0.29) is 17.2 Å². The number of alkyl carbamates (subject to hydrolysis) is 1. The van der Waals surface area contributed by atoms with Gasteiger partial charge in [0.2, 0.25) is 0 Å². The molecule has 4 rings (SSSR count). The van der Waals surface area contributed by atoms with E-state index in [2.05, 4.69) is 31.0 Å². The van der Waals surface area contributed by atoms with Crippen molar-refractivity contribution in [3.05, 3.63) is 59.8 Å². The molecule has 4 aromatic rings. The fraction of sp³-hybridized carbons (Fsp3) is 0.370. The van der Waals surface area contributed by atoms with E-state index in [1.807, 2.05) is 18.1 Å². The number of aromatic nitrogens is 5. The number of nitrogens with one attached hydrogen (secondary N) is 4. The van der Waals surface area contributed by atoms with Crippen LogP contribution in [-0.4, -0.2) is 55.3 Å². The molecule has 2 amide bonds. The summed E-state index contributed by atoms with van der Waals surface area (Å²) in [5.41, 5.74) is 0.754. The smallest absolute Gasteiger partial charge is 0.433 e. The second kappa shape index (κ2) is 11.9. The molecule has 4 N–H and O–H groups in total. The van der Waals surface area contributed by atoms with Crippen LogP contribution in [0.2, 0.25) is 0 Å². The predicted octanol–water partition coefficient (Wildman–Crippen LogP) is 5.09. The highest BCUT2D eigenvalue weighted by atomic mass is 19.4. The molecule has 41 heavy (non-hydrogen) atoms. The molecule has 218 valence electrons. The molecule has 0 aliphatic carbocycles. The zero-order valence-electron chi connectivity index (χ0n) is 23.0. The van der Waals surface area contributed by atoms with Crippen molar-refractivity contribution in [3.63, 3.8) is 0 Å². The highest BCUT2D eigenvalue weighted by molar-refractivity contribution is 5.96. The van der Waals surface area contributed by atoms with E-state index in [9.17, 15) is 22.8 Å². The van der Waals surface area contributed by atoms with Crippen LogP contribution in [0, 0.1) is 0 Å². The van der Waals surface area contributed by atoms with E-state index in [1.165, 1.54) is 23.0 Å². The summed E-state index contributed by atoms with van der Waals surface area (Å²) in [7, 11) is 0. The molecule has 0 bridgehead atoms. The number of halogens is 3. The second-order valence-corrected chi connectivity index (χ2v) is 10.2. The largest absolute Gasteiger partial charge is 0.444 e. The molecule has 14 heteroatoms. The summed E-state index contributed by atoms with van der Waals surface area (Å²) in [5, 5.41) is 14.2. The van der Waals surface area contributed by atoms with Crippen molar-refractivity contribution < 1.29 is 27.5 Å². The molecule has 0 aliphatic rings. The van der Waals surface area contributed by atoms with Crippen LogP contribution in [0.1, 0.15) is 55.7 Å². The number of benzene rings is 1. The van der Waals surface area contributed by atoms with E-state index >= 15 is 0 Å². The maximum absolute atomic E-state index is 13.4. The van der Waals surface area contributed by atoms with Gasteiger partial charge >= 0.3 is 12.3 Å². The third-order valence-electron chi connectivity index (χ3n) is 5.93. The van der Waals surface area contributed by atoms with Gasteiger partial charge in [0.25, 0.3) is 5.91 Å². The molecule has 0 aliphatic heterocycles. The van der Waals surface area contributed by atoms with Crippen molar-refractivity contribution >= 4 is 29.2 Å². The van der Waals surface area contributed by atoms with Crippen LogP contribution in [0.15, 0.2) is 43.0 Å². The Morgan fingerprint density at radius 2 is 1.83 bits per heavy atom. The van der Waals surface area contributed by atoms with Crippen LogP contribution in [0.3, 0.4) is 0 Å². The first-order chi connectivity index (χ1) is 19.4. The van der Waals surface area contributed by atoms with Crippen molar-refractivity contribution in [1.82, 2.24) is 35.2 Å². The zero-order valence-corrected chi connectivity index (χ0v) is 23.0. The number of carbonyl (C=O) groups excluding carboxylic acids is 2. The summed E-state index contributed by atoms with van der Waals surface area (Å²) in [6.07, 6.45) is 1.39. The number of rotatable bonds is 9. The molecule has 1 aromatic carbocycles. The van der Waals surface area contributed by atoms with Crippen LogP contribution in [0.5, 0.6) is 0 Å². The van der Waals surface area contributed by atoms with Crippen LogP contribution in [-0.2, 0) is 17.3 Å². The summed E-state index contributed by atoms with van der Waals surface area (Å²) in [6.45, 7) is 7.97. The van der Waals surface area contributed by atoms with Gasteiger partial charge in [-0.05, 0) is 57.4 Å². The Morgan fingerprint density at radius 1 is 1.07 bits per heavy atom. The summed E-state index contributed by atoms with van der Waals surface area (Å²) in [5.74, 6) is 0.0805. The quantitative estimate of drug-likeness (QED) is 0.205. The zero-order chi connectivity index (χ0) is 29.8. The molecule has 3 heterocycles. The number of alkyl halides is 3. The lowest BCUT2D eigenvalue weighted by atomic mass is 10.0. The summed E-state index contributed by atoms with van der Waals surface area (Å²) < 4.78 is 46.9. The highest BCUT2D eigenvalue weighted by Crippen LogP contribution is 2.36. The number of hydrogen-bond acceptors (Lipinski definition) is 7. The van der Waals surface area contributed by atoms with Gasteiger partial charge in [0.1, 0.15) is 11.3 Å². The lowest BCUT2D eigenvalue weighted by molar-refractivity contribution is -0.140. The molecular formula is C27H31F3N8O3. The topological polar surface area (TPSA) is 138 Å². The Balaban J connectivity index is 1.43. The minimum atomic E-state index is -4.61. The Labute approximate surface area is 233 Å². The summed E-state index contributed by atoms with van der Waals surface area (Å²) in [6, 6.07) is 5.21. The fourth-order valence-electron chi connectivity index (χ4n) is 4.12. The van der Waals surface area contributed by atoms with E-state index in [0.29, 0.717) is 48.6 Å². The van der Waals surface area contributed by atoms with Crippen molar-refractivity contribution in [1.29, 1.82) is 0 Å². The number of aryl methyl sites for hydroxylation is 1. The first-order valence-corrected chi connectivity index (χ1v) is 13.0. The Hall–Kier alpha value is -4.62. The lowest BCUT2D eigenvalue weighted by Gasteiger charge is -2.19. The Kier molecular flexibility index (Phi) is 8.49. The number of carbonyl (C=O) groups is 2. The van der Waals surface area contributed by atoms with Gasteiger partial charge in [-0.1, -0.05) is 6.92 Å². The van der Waals surface area contributed by atoms with Crippen LogP contribution in [0.25, 0.3) is 16.9 Å². The number of H-pyrrole nitrogens is 1. The maximum atomic E-state index is 13.4. The number of imidazole rings is 1. The second-order valence-electron chi connectivity index (χ2n) is 10.2. The number of fused-ring (bicyclic) bond motifs is 1. The molecule has 0 saturated carbocycles. The normalized spacial score (nSPS) is 11.9. The van der Waals surface area contributed by atoms with Crippen molar-refractivity contribution in [2.75, 3.05) is 18.4 Å². The first kappa shape index (κ1) is 29.4. The van der Waals surface area contributed by atoms with Gasteiger partial charge in [0, 0.05) is 36.7 Å². The van der Waals surface area contributed by atoms with Crippen LogP contribution in [0.4, 0.5) is 29.5 Å². The molecule has 0 radical (unpaired) electrons. The van der Waals surface area contributed by atoms with E-state index in [1.54, 1.807) is 32.9 Å². The highest BCUT2D eigenvalue weighted by Gasteiger charge is 2.36. The number of nitrogens with zero attached hydrogens (tertiary/aromatic N) is 4. The van der Waals surface area contributed by atoms with Crippen LogP contribution >= 0.6 is 0 Å². The number of amides is 2. The number of aromatic amines is 1. The molecule has 0 fully saturated rings. The average Bonchev–Trinajstić information content (AvgIpc) is 3.55. The minimum absolute atomic E-state index is 0.133. The van der Waals surface area contributed by atoms with Gasteiger partial charge in [-0.2, -0.15) is 18.3 Å². The van der Waals surface area contributed by atoms with Gasteiger partial charge in [-0.25, -0.2) is 14.8 Å². The molecule has 0 unspecified atom stereocenters. The van der Waals surface area contributed by atoms with Gasteiger partial charge in [-0.3, -0.25) is 14.3 Å². The van der Waals surface area contributed by atoms with E-state index < -0.39 is 23.6 Å².